The normalized spacial score (nSPS) is 11.7. The summed E-state index contributed by atoms with van der Waals surface area (Å²) in [5.74, 6) is 2.08. The average molecular weight is 673 g/mol. The molecule has 0 fully saturated rings. The zero-order chi connectivity index (χ0) is 33.3. The van der Waals surface area contributed by atoms with Crippen LogP contribution >= 0.6 is 21.6 Å². The van der Waals surface area contributed by atoms with E-state index in [-0.39, 0.29) is 0 Å². The third-order valence-electron chi connectivity index (χ3n) is 8.26. The molecule has 0 N–H and O–H groups in total. The molecule has 0 unspecified atom stereocenters. The van der Waals surface area contributed by atoms with Gasteiger partial charge in [-0.05, 0) is 72.8 Å². The molecular weight excluding hydrogens is 633 g/mol. The molecule has 0 saturated carbocycles. The van der Waals surface area contributed by atoms with E-state index in [0.717, 1.165) is 69.2 Å². The lowest BCUT2D eigenvalue weighted by atomic mass is 10.2. The molecule has 0 amide bonds. The Hall–Kier alpha value is -4.80. The maximum Gasteiger partial charge on any atom is 0.214 e. The molecule has 0 aliphatic rings. The van der Waals surface area contributed by atoms with Crippen molar-refractivity contribution in [2.75, 3.05) is 48.5 Å². The first kappa shape index (κ1) is 33.1. The highest BCUT2D eigenvalue weighted by atomic mass is 33.1. The van der Waals surface area contributed by atoms with Gasteiger partial charge in [0, 0.05) is 74.3 Å². The maximum absolute atomic E-state index is 4.54. The van der Waals surface area contributed by atoms with Crippen molar-refractivity contribution < 1.29 is 9.13 Å². The number of azo groups is 2. The lowest BCUT2D eigenvalue weighted by Crippen LogP contribution is -2.27. The van der Waals surface area contributed by atoms with Gasteiger partial charge in [0.05, 0.1) is 33.5 Å². The van der Waals surface area contributed by atoms with Gasteiger partial charge in [0.2, 0.25) is 11.0 Å². The van der Waals surface area contributed by atoms with Gasteiger partial charge in [0.1, 0.15) is 14.1 Å². The predicted octanol–water partition coefficient (Wildman–Crippen LogP) is 9.43. The van der Waals surface area contributed by atoms with Gasteiger partial charge in [0.25, 0.3) is 0 Å². The summed E-state index contributed by atoms with van der Waals surface area (Å²) < 4.78 is 4.19. The summed E-state index contributed by atoms with van der Waals surface area (Å²) in [6, 6.07) is 37.0. The van der Waals surface area contributed by atoms with Crippen molar-refractivity contribution in [2.24, 2.45) is 34.6 Å². The SMILES string of the molecule is CN(CCSSCCN(C)c1ccc(N=Nc2cccc3c2ccc[n+]3C)cc1)c1ccc(N=Nc2cccc3c2ccc[n+]3C)cc1. The average Bonchev–Trinajstić information content (AvgIpc) is 3.12. The van der Waals surface area contributed by atoms with Gasteiger partial charge < -0.3 is 9.80 Å². The molecule has 4 aromatic carbocycles. The van der Waals surface area contributed by atoms with E-state index in [9.17, 15) is 0 Å². The lowest BCUT2D eigenvalue weighted by molar-refractivity contribution is -0.645. The molecule has 0 bridgehead atoms. The molecule has 6 aromatic rings. The molecule has 0 saturated heterocycles. The summed E-state index contributed by atoms with van der Waals surface area (Å²) in [6.45, 7) is 1.93. The summed E-state index contributed by atoms with van der Waals surface area (Å²) >= 11 is 0. The number of nitrogens with zero attached hydrogens (tertiary/aromatic N) is 8. The van der Waals surface area contributed by atoms with E-state index in [1.54, 1.807) is 0 Å². The van der Waals surface area contributed by atoms with Crippen LogP contribution in [-0.2, 0) is 14.1 Å². The number of hydrogen-bond acceptors (Lipinski definition) is 8. The quantitative estimate of drug-likeness (QED) is 0.0531. The minimum Gasteiger partial charge on any atom is -0.374 e. The Balaban J connectivity index is 0.913. The zero-order valence-corrected chi connectivity index (χ0v) is 29.4. The number of aromatic nitrogens is 2. The molecule has 2 aromatic heterocycles. The van der Waals surface area contributed by atoms with Crippen LogP contribution < -0.4 is 18.9 Å². The van der Waals surface area contributed by atoms with Crippen molar-refractivity contribution >= 4 is 77.5 Å². The number of hydrogen-bond donors (Lipinski definition) is 0. The molecule has 242 valence electrons. The van der Waals surface area contributed by atoms with Gasteiger partial charge in [-0.15, -0.1) is 10.2 Å². The Labute approximate surface area is 290 Å². The van der Waals surface area contributed by atoms with Gasteiger partial charge >= 0.3 is 0 Å². The van der Waals surface area contributed by atoms with Crippen molar-refractivity contribution in [3.8, 4) is 0 Å². The van der Waals surface area contributed by atoms with Crippen LogP contribution in [-0.4, -0.2) is 38.7 Å². The summed E-state index contributed by atoms with van der Waals surface area (Å²) in [5, 5.41) is 20.3. The number of pyridine rings is 2. The highest BCUT2D eigenvalue weighted by molar-refractivity contribution is 8.76. The van der Waals surface area contributed by atoms with Crippen LogP contribution in [0, 0.1) is 0 Å². The van der Waals surface area contributed by atoms with Crippen LogP contribution in [0.1, 0.15) is 0 Å². The summed E-state index contributed by atoms with van der Waals surface area (Å²) in [6.07, 6.45) is 4.08. The molecule has 8 nitrogen and oxygen atoms in total. The summed E-state index contributed by atoms with van der Waals surface area (Å²) in [7, 11) is 12.2. The summed E-state index contributed by atoms with van der Waals surface area (Å²) in [4.78, 5) is 4.56. The standard InChI is InChI=1S/C38H40N8S2/c1-43(31-19-15-29(16-20-31)39-41-35-11-5-13-37-33(35)9-7-23-45(37)3)25-27-47-48-28-26-44(2)32-21-17-30(18-22-32)40-42-36-12-6-14-38-34(36)10-8-24-46(38)4/h5-24H,25-28H2,1-4H3/q+2. The van der Waals surface area contributed by atoms with E-state index in [2.05, 4.69) is 102 Å². The fraction of sp³-hybridized carbons (Fsp3) is 0.211. The topological polar surface area (TPSA) is 63.7 Å². The van der Waals surface area contributed by atoms with Crippen molar-refractivity contribution in [3.63, 3.8) is 0 Å². The Kier molecular flexibility index (Phi) is 10.9. The fourth-order valence-electron chi connectivity index (χ4n) is 5.41. The van der Waals surface area contributed by atoms with Crippen molar-refractivity contribution in [2.45, 2.75) is 0 Å². The van der Waals surface area contributed by atoms with E-state index >= 15 is 0 Å². The lowest BCUT2D eigenvalue weighted by Gasteiger charge is -2.20. The molecule has 0 atom stereocenters. The maximum atomic E-state index is 4.54. The largest absolute Gasteiger partial charge is 0.374 e. The third kappa shape index (κ3) is 8.18. The van der Waals surface area contributed by atoms with Crippen LogP contribution in [0.5, 0.6) is 0 Å². The zero-order valence-electron chi connectivity index (χ0n) is 27.8. The van der Waals surface area contributed by atoms with Crippen LogP contribution in [0.4, 0.5) is 34.1 Å². The van der Waals surface area contributed by atoms with Crippen LogP contribution in [0.15, 0.2) is 142 Å². The number of benzene rings is 4. The minimum absolute atomic E-state index is 0.841. The predicted molar refractivity (Wildman–Crippen MR) is 203 cm³/mol. The number of anilines is 2. The second kappa shape index (κ2) is 15.9. The summed E-state index contributed by atoms with van der Waals surface area (Å²) in [5.41, 5.74) is 8.02. The monoisotopic (exact) mass is 672 g/mol. The highest BCUT2D eigenvalue weighted by Gasteiger charge is 2.09. The number of fused-ring (bicyclic) bond motifs is 2. The van der Waals surface area contributed by atoms with E-state index in [1.807, 2.05) is 109 Å². The number of aryl methyl sites for hydroxylation is 2. The molecule has 10 heteroatoms. The molecule has 0 radical (unpaired) electrons. The van der Waals surface area contributed by atoms with E-state index in [4.69, 9.17) is 0 Å². The number of rotatable bonds is 13. The molecule has 0 aliphatic carbocycles. The van der Waals surface area contributed by atoms with Crippen molar-refractivity contribution in [3.05, 3.63) is 122 Å². The van der Waals surface area contributed by atoms with Crippen LogP contribution in [0.25, 0.3) is 21.8 Å². The van der Waals surface area contributed by atoms with Crippen molar-refractivity contribution in [1.29, 1.82) is 0 Å². The Morgan fingerprint density at radius 2 is 0.917 bits per heavy atom. The molecule has 48 heavy (non-hydrogen) atoms. The second-order valence-corrected chi connectivity index (χ2v) is 14.3. The molecule has 0 aliphatic heterocycles. The fourth-order valence-corrected chi connectivity index (χ4v) is 7.49. The van der Waals surface area contributed by atoms with Crippen molar-refractivity contribution in [1.82, 2.24) is 0 Å². The van der Waals surface area contributed by atoms with Gasteiger partial charge in [-0.25, -0.2) is 9.13 Å². The Morgan fingerprint density at radius 3 is 1.33 bits per heavy atom. The minimum atomic E-state index is 0.841. The molecular formula is C38H40N8S2+2. The first-order valence-corrected chi connectivity index (χ1v) is 18.4. The van der Waals surface area contributed by atoms with E-state index < -0.39 is 0 Å². The van der Waals surface area contributed by atoms with Crippen LogP contribution in [0.2, 0.25) is 0 Å². The molecule has 6 rings (SSSR count). The van der Waals surface area contributed by atoms with Gasteiger partial charge in [-0.2, -0.15) is 10.2 Å². The van der Waals surface area contributed by atoms with Gasteiger partial charge in [0.15, 0.2) is 12.4 Å². The smallest absolute Gasteiger partial charge is 0.214 e. The van der Waals surface area contributed by atoms with E-state index in [0.29, 0.717) is 0 Å². The van der Waals surface area contributed by atoms with Crippen LogP contribution in [0.3, 0.4) is 0 Å². The first-order chi connectivity index (χ1) is 23.5. The molecule has 2 heterocycles. The van der Waals surface area contributed by atoms with Gasteiger partial charge in [-0.3, -0.25) is 0 Å². The Bertz CT molecular complexity index is 1900. The Morgan fingerprint density at radius 1 is 0.500 bits per heavy atom. The third-order valence-corrected chi connectivity index (χ3v) is 10.6. The van der Waals surface area contributed by atoms with E-state index in [1.165, 1.54) is 11.4 Å². The first-order valence-electron chi connectivity index (χ1n) is 15.9. The van der Waals surface area contributed by atoms with Gasteiger partial charge in [-0.1, -0.05) is 33.7 Å². The molecule has 0 spiro atoms. The highest BCUT2D eigenvalue weighted by Crippen LogP contribution is 2.29. The second-order valence-electron chi connectivity index (χ2n) is 11.6.